The van der Waals surface area contributed by atoms with Gasteiger partial charge >= 0.3 is 5.97 Å². The van der Waals surface area contributed by atoms with Gasteiger partial charge in [0.2, 0.25) is 0 Å². The zero-order chi connectivity index (χ0) is 16.7. The molecule has 0 saturated carbocycles. The second kappa shape index (κ2) is 6.03. The number of carboxylic acids is 1. The second-order valence-electron chi connectivity index (χ2n) is 5.68. The molecule has 0 bridgehead atoms. The SMILES string of the molecule is O=C(O)C1CCCN1c1nc(-c2sccc2Cl)nc2ccccc12. The number of benzene rings is 1. The van der Waals surface area contributed by atoms with Crippen molar-refractivity contribution in [1.82, 2.24) is 9.97 Å². The van der Waals surface area contributed by atoms with Gasteiger partial charge in [-0.25, -0.2) is 14.8 Å². The van der Waals surface area contributed by atoms with E-state index >= 15 is 0 Å². The molecule has 1 fully saturated rings. The van der Waals surface area contributed by atoms with Gasteiger partial charge in [0.1, 0.15) is 11.9 Å². The van der Waals surface area contributed by atoms with Crippen LogP contribution in [0.25, 0.3) is 21.6 Å². The van der Waals surface area contributed by atoms with Crippen LogP contribution in [0.3, 0.4) is 0 Å². The molecule has 1 aromatic carbocycles. The normalized spacial score (nSPS) is 17.5. The number of para-hydroxylation sites is 1. The Balaban J connectivity index is 1.93. The smallest absolute Gasteiger partial charge is 0.326 e. The Morgan fingerprint density at radius 3 is 2.88 bits per heavy atom. The van der Waals surface area contributed by atoms with Crippen molar-refractivity contribution in [1.29, 1.82) is 0 Å². The minimum atomic E-state index is -0.814. The first kappa shape index (κ1) is 15.4. The molecule has 2 aromatic heterocycles. The van der Waals surface area contributed by atoms with Crippen LogP contribution >= 0.6 is 22.9 Å². The molecule has 1 N–H and O–H groups in total. The number of aromatic nitrogens is 2. The average Bonchev–Trinajstić information content (AvgIpc) is 3.22. The molecule has 1 atom stereocenters. The van der Waals surface area contributed by atoms with Gasteiger partial charge in [-0.05, 0) is 36.4 Å². The molecule has 3 aromatic rings. The van der Waals surface area contributed by atoms with Crippen molar-refractivity contribution in [3.05, 3.63) is 40.7 Å². The van der Waals surface area contributed by atoms with Gasteiger partial charge in [-0.15, -0.1) is 11.3 Å². The third kappa shape index (κ3) is 2.52. The van der Waals surface area contributed by atoms with Crippen molar-refractivity contribution < 1.29 is 9.90 Å². The fraction of sp³-hybridized carbons (Fsp3) is 0.235. The van der Waals surface area contributed by atoms with Crippen LogP contribution in [-0.2, 0) is 4.79 Å². The molecule has 1 saturated heterocycles. The van der Waals surface area contributed by atoms with E-state index in [1.807, 2.05) is 40.6 Å². The molecule has 3 heterocycles. The van der Waals surface area contributed by atoms with E-state index in [2.05, 4.69) is 4.98 Å². The van der Waals surface area contributed by atoms with E-state index in [1.54, 1.807) is 0 Å². The van der Waals surface area contributed by atoms with Gasteiger partial charge in [0.25, 0.3) is 0 Å². The monoisotopic (exact) mass is 359 g/mol. The minimum Gasteiger partial charge on any atom is -0.480 e. The van der Waals surface area contributed by atoms with Gasteiger partial charge in [0, 0.05) is 11.9 Å². The van der Waals surface area contributed by atoms with Crippen LogP contribution in [0.4, 0.5) is 5.82 Å². The Morgan fingerprint density at radius 1 is 1.29 bits per heavy atom. The van der Waals surface area contributed by atoms with E-state index in [-0.39, 0.29) is 0 Å². The van der Waals surface area contributed by atoms with Crippen LogP contribution in [0.1, 0.15) is 12.8 Å². The van der Waals surface area contributed by atoms with Crippen LogP contribution in [0, 0.1) is 0 Å². The lowest BCUT2D eigenvalue weighted by molar-refractivity contribution is -0.138. The predicted molar refractivity (Wildman–Crippen MR) is 95.9 cm³/mol. The third-order valence-corrected chi connectivity index (χ3v) is 5.55. The number of aliphatic carboxylic acids is 1. The van der Waals surface area contributed by atoms with Crippen LogP contribution in [0.15, 0.2) is 35.7 Å². The molecule has 24 heavy (non-hydrogen) atoms. The number of carboxylic acid groups (broad SMARTS) is 1. The molecule has 4 rings (SSSR count). The van der Waals surface area contributed by atoms with Gasteiger partial charge < -0.3 is 10.0 Å². The number of hydrogen-bond donors (Lipinski definition) is 1. The van der Waals surface area contributed by atoms with Gasteiger partial charge in [-0.1, -0.05) is 23.7 Å². The average molecular weight is 360 g/mol. The Labute approximate surface area is 147 Å². The molecule has 7 heteroatoms. The number of nitrogens with zero attached hydrogens (tertiary/aromatic N) is 3. The van der Waals surface area contributed by atoms with Crippen LogP contribution in [-0.4, -0.2) is 33.6 Å². The fourth-order valence-corrected chi connectivity index (χ4v) is 4.18. The molecule has 0 amide bonds. The molecule has 1 aliphatic rings. The summed E-state index contributed by atoms with van der Waals surface area (Å²) in [4.78, 5) is 23.6. The lowest BCUT2D eigenvalue weighted by Gasteiger charge is -2.24. The van der Waals surface area contributed by atoms with Crippen molar-refractivity contribution in [2.45, 2.75) is 18.9 Å². The lowest BCUT2D eigenvalue weighted by Crippen LogP contribution is -2.36. The lowest BCUT2D eigenvalue weighted by atomic mass is 10.2. The topological polar surface area (TPSA) is 66.3 Å². The number of anilines is 1. The summed E-state index contributed by atoms with van der Waals surface area (Å²) >= 11 is 7.72. The van der Waals surface area contributed by atoms with E-state index in [4.69, 9.17) is 16.6 Å². The number of halogens is 1. The van der Waals surface area contributed by atoms with Crippen LogP contribution in [0.5, 0.6) is 0 Å². The minimum absolute atomic E-state index is 0.541. The number of hydrogen-bond acceptors (Lipinski definition) is 5. The zero-order valence-electron chi connectivity index (χ0n) is 12.6. The summed E-state index contributed by atoms with van der Waals surface area (Å²) in [5.41, 5.74) is 0.790. The number of fused-ring (bicyclic) bond motifs is 1. The van der Waals surface area contributed by atoms with Crippen molar-refractivity contribution >= 4 is 45.6 Å². The number of carbonyl (C=O) groups is 1. The summed E-state index contributed by atoms with van der Waals surface area (Å²) in [6.45, 7) is 0.676. The maximum atomic E-state index is 11.6. The van der Waals surface area contributed by atoms with Crippen molar-refractivity contribution in [3.63, 3.8) is 0 Å². The van der Waals surface area contributed by atoms with Crippen molar-refractivity contribution in [2.24, 2.45) is 0 Å². The number of rotatable bonds is 3. The predicted octanol–water partition coefficient (Wildman–Crippen LogP) is 4.07. The molecule has 0 spiro atoms. The highest BCUT2D eigenvalue weighted by atomic mass is 35.5. The fourth-order valence-electron chi connectivity index (χ4n) is 3.11. The Hall–Kier alpha value is -2.18. The third-order valence-electron chi connectivity index (χ3n) is 4.21. The first-order valence-electron chi connectivity index (χ1n) is 7.65. The molecular formula is C17H14ClN3O2S. The molecule has 0 radical (unpaired) electrons. The van der Waals surface area contributed by atoms with E-state index in [1.165, 1.54) is 11.3 Å². The molecule has 122 valence electrons. The largest absolute Gasteiger partial charge is 0.480 e. The maximum Gasteiger partial charge on any atom is 0.326 e. The molecular weight excluding hydrogens is 346 g/mol. The summed E-state index contributed by atoms with van der Waals surface area (Å²) in [6, 6.07) is 8.94. The molecule has 5 nitrogen and oxygen atoms in total. The van der Waals surface area contributed by atoms with Crippen LogP contribution < -0.4 is 4.90 Å². The second-order valence-corrected chi connectivity index (χ2v) is 7.00. The highest BCUT2D eigenvalue weighted by Gasteiger charge is 2.33. The number of thiophene rings is 1. The maximum absolute atomic E-state index is 11.6. The zero-order valence-corrected chi connectivity index (χ0v) is 14.2. The van der Waals surface area contributed by atoms with E-state index in [0.717, 1.165) is 22.2 Å². The standard InChI is InChI=1S/C17H14ClN3O2S/c18-11-7-9-24-14(11)15-19-12-5-2-1-4-10(12)16(20-15)21-8-3-6-13(21)17(22)23/h1-2,4-5,7,9,13H,3,6,8H2,(H,22,23). The summed E-state index contributed by atoms with van der Waals surface area (Å²) in [6.07, 6.45) is 1.47. The van der Waals surface area contributed by atoms with Gasteiger partial charge in [0.15, 0.2) is 5.82 Å². The van der Waals surface area contributed by atoms with E-state index in [0.29, 0.717) is 29.6 Å². The molecule has 0 aliphatic carbocycles. The van der Waals surface area contributed by atoms with Crippen LogP contribution in [0.2, 0.25) is 5.02 Å². The van der Waals surface area contributed by atoms with Gasteiger partial charge in [0.05, 0.1) is 15.4 Å². The molecule has 1 unspecified atom stereocenters. The van der Waals surface area contributed by atoms with Crippen molar-refractivity contribution in [2.75, 3.05) is 11.4 Å². The van der Waals surface area contributed by atoms with Gasteiger partial charge in [-0.2, -0.15) is 0 Å². The summed E-state index contributed by atoms with van der Waals surface area (Å²) in [5, 5.41) is 12.9. The Bertz CT molecular complexity index is 927. The molecule has 1 aliphatic heterocycles. The summed E-state index contributed by atoms with van der Waals surface area (Å²) in [7, 11) is 0. The van der Waals surface area contributed by atoms with Gasteiger partial charge in [-0.3, -0.25) is 0 Å². The Kier molecular flexibility index (Phi) is 3.86. The van der Waals surface area contributed by atoms with E-state index in [9.17, 15) is 9.90 Å². The quantitative estimate of drug-likeness (QED) is 0.763. The Morgan fingerprint density at radius 2 is 2.12 bits per heavy atom. The summed E-state index contributed by atoms with van der Waals surface area (Å²) < 4.78 is 0. The summed E-state index contributed by atoms with van der Waals surface area (Å²) in [5.74, 6) is 0.399. The highest BCUT2D eigenvalue weighted by molar-refractivity contribution is 7.14. The van der Waals surface area contributed by atoms with E-state index < -0.39 is 12.0 Å². The van der Waals surface area contributed by atoms with Crippen molar-refractivity contribution in [3.8, 4) is 10.7 Å². The first-order chi connectivity index (χ1) is 11.6. The highest BCUT2D eigenvalue weighted by Crippen LogP contribution is 2.36. The first-order valence-corrected chi connectivity index (χ1v) is 8.90.